The highest BCUT2D eigenvalue weighted by molar-refractivity contribution is 5.86. The molecule has 2 atom stereocenters. The number of piperazine rings is 1. The van der Waals surface area contributed by atoms with Gasteiger partial charge in [0.2, 0.25) is 11.8 Å². The highest BCUT2D eigenvalue weighted by Gasteiger charge is 2.23. The summed E-state index contributed by atoms with van der Waals surface area (Å²) in [5.74, 6) is 0.627. The van der Waals surface area contributed by atoms with Crippen molar-refractivity contribution in [2.45, 2.75) is 38.6 Å². The first-order valence-electron chi connectivity index (χ1n) is 13.6. The number of nitrogens with zero attached hydrogens (tertiary/aromatic N) is 2. The lowest BCUT2D eigenvalue weighted by atomic mass is 10.1. The van der Waals surface area contributed by atoms with E-state index in [2.05, 4.69) is 21.3 Å². The SMILES string of the molecule is Cc1cccc(NCC(=O)NCC(=O)N2CCN(C)CC2)c1.N=CN.OCC1CCCC(Oc2ccccc2)O1. The van der Waals surface area contributed by atoms with Gasteiger partial charge in [0, 0.05) is 38.3 Å². The zero-order chi connectivity index (χ0) is 29.2. The van der Waals surface area contributed by atoms with Crippen molar-refractivity contribution in [2.75, 3.05) is 58.2 Å². The first-order chi connectivity index (χ1) is 19.3. The highest BCUT2D eigenvalue weighted by atomic mass is 16.7. The molecule has 220 valence electrons. The molecule has 4 rings (SSSR count). The number of rotatable bonds is 8. The van der Waals surface area contributed by atoms with Crippen molar-refractivity contribution in [1.29, 1.82) is 5.41 Å². The van der Waals surface area contributed by atoms with Gasteiger partial charge in [0.05, 0.1) is 32.1 Å². The van der Waals surface area contributed by atoms with Gasteiger partial charge in [-0.1, -0.05) is 30.3 Å². The minimum Gasteiger partial charge on any atom is -0.465 e. The number of aliphatic hydroxyl groups excluding tert-OH is 1. The molecule has 40 heavy (non-hydrogen) atoms. The van der Waals surface area contributed by atoms with E-state index in [4.69, 9.17) is 20.0 Å². The van der Waals surface area contributed by atoms with Crippen LogP contribution in [0, 0.1) is 12.3 Å². The number of carbonyl (C=O) groups excluding carboxylic acids is 2. The summed E-state index contributed by atoms with van der Waals surface area (Å²) < 4.78 is 11.2. The van der Waals surface area contributed by atoms with Gasteiger partial charge in [-0.2, -0.15) is 0 Å². The van der Waals surface area contributed by atoms with Crippen LogP contribution in [0.1, 0.15) is 24.8 Å². The fourth-order valence-corrected chi connectivity index (χ4v) is 4.08. The number of para-hydroxylation sites is 1. The largest absolute Gasteiger partial charge is 0.465 e. The van der Waals surface area contributed by atoms with Gasteiger partial charge in [-0.15, -0.1) is 0 Å². The molecular formula is C29H44N6O5. The van der Waals surface area contributed by atoms with Crippen LogP contribution in [0.2, 0.25) is 0 Å². The van der Waals surface area contributed by atoms with E-state index >= 15 is 0 Å². The number of aliphatic hydroxyl groups is 1. The van der Waals surface area contributed by atoms with Gasteiger partial charge < -0.3 is 40.7 Å². The molecule has 2 amide bonds. The summed E-state index contributed by atoms with van der Waals surface area (Å²) in [4.78, 5) is 27.8. The molecule has 11 nitrogen and oxygen atoms in total. The summed E-state index contributed by atoms with van der Waals surface area (Å²) in [5.41, 5.74) is 6.43. The number of hydrogen-bond acceptors (Lipinski definition) is 8. The van der Waals surface area contributed by atoms with Gasteiger partial charge in [-0.05, 0) is 56.6 Å². The fourth-order valence-electron chi connectivity index (χ4n) is 4.08. The van der Waals surface area contributed by atoms with Crippen molar-refractivity contribution in [1.82, 2.24) is 15.1 Å². The van der Waals surface area contributed by atoms with Crippen LogP contribution in [0.5, 0.6) is 5.75 Å². The minimum absolute atomic E-state index is 0.0167. The quantitative estimate of drug-likeness (QED) is 0.244. The summed E-state index contributed by atoms with van der Waals surface area (Å²) in [5, 5.41) is 20.6. The van der Waals surface area contributed by atoms with E-state index in [9.17, 15) is 9.59 Å². The van der Waals surface area contributed by atoms with Crippen molar-refractivity contribution in [3.8, 4) is 5.75 Å². The van der Waals surface area contributed by atoms with Crippen molar-refractivity contribution in [3.63, 3.8) is 0 Å². The summed E-state index contributed by atoms with van der Waals surface area (Å²) in [7, 11) is 2.04. The third-order valence-electron chi connectivity index (χ3n) is 6.29. The molecule has 0 aliphatic carbocycles. The van der Waals surface area contributed by atoms with Crippen LogP contribution >= 0.6 is 0 Å². The first kappa shape index (κ1) is 32.5. The van der Waals surface area contributed by atoms with E-state index in [1.165, 1.54) is 0 Å². The highest BCUT2D eigenvalue weighted by Crippen LogP contribution is 2.22. The van der Waals surface area contributed by atoms with Crippen LogP contribution in [0.15, 0.2) is 54.6 Å². The third kappa shape index (κ3) is 12.9. The topological polar surface area (TPSA) is 153 Å². The maximum absolute atomic E-state index is 12.0. The lowest BCUT2D eigenvalue weighted by molar-refractivity contribution is -0.158. The number of ether oxygens (including phenoxy) is 2. The van der Waals surface area contributed by atoms with Crippen LogP contribution < -0.4 is 21.1 Å². The standard InChI is InChI=1S/C16H24N4O2.C12H16O3.CH4N2/c1-13-4-3-5-14(10-13)17-11-15(21)18-12-16(22)20-8-6-19(2)7-9-20;13-9-11-7-4-8-12(15-11)14-10-5-2-1-3-6-10;2-1-3/h3-5,10,17H,6-9,11-12H2,1-2H3,(H,18,21);1-3,5-6,11-13H,4,7-9H2;1H,(H3,2,3). The number of aryl methyl sites for hydroxylation is 1. The van der Waals surface area contributed by atoms with Gasteiger partial charge in [0.25, 0.3) is 0 Å². The number of amides is 2. The van der Waals surface area contributed by atoms with Crippen LogP contribution in [-0.4, -0.2) is 98.4 Å². The van der Waals surface area contributed by atoms with Crippen molar-refractivity contribution >= 4 is 23.8 Å². The van der Waals surface area contributed by atoms with E-state index < -0.39 is 0 Å². The molecule has 2 saturated heterocycles. The normalized spacial score (nSPS) is 18.6. The molecular weight excluding hydrogens is 512 g/mol. The van der Waals surface area contributed by atoms with Gasteiger partial charge in [-0.3, -0.25) is 15.0 Å². The van der Waals surface area contributed by atoms with Crippen molar-refractivity contribution in [3.05, 3.63) is 60.2 Å². The summed E-state index contributed by atoms with van der Waals surface area (Å²) >= 11 is 0. The lowest BCUT2D eigenvalue weighted by Crippen LogP contribution is -2.50. The molecule has 2 heterocycles. The second-order valence-electron chi connectivity index (χ2n) is 9.58. The minimum atomic E-state index is -0.210. The molecule has 0 spiro atoms. The monoisotopic (exact) mass is 556 g/mol. The number of hydrogen-bond donors (Lipinski definition) is 5. The fraction of sp³-hybridized carbons (Fsp3) is 0.483. The maximum Gasteiger partial charge on any atom is 0.242 e. The smallest absolute Gasteiger partial charge is 0.242 e. The molecule has 0 radical (unpaired) electrons. The Balaban J connectivity index is 0.000000269. The zero-order valence-electron chi connectivity index (χ0n) is 23.6. The number of likely N-dealkylation sites (N-methyl/N-ethyl adjacent to an activating group) is 1. The second kappa shape index (κ2) is 18.6. The van der Waals surface area contributed by atoms with Crippen LogP contribution in [0.3, 0.4) is 0 Å². The summed E-state index contributed by atoms with van der Waals surface area (Å²) in [6.45, 7) is 5.54. The Kier molecular flexibility index (Phi) is 15.1. The average molecular weight is 557 g/mol. The Bertz CT molecular complexity index is 1020. The summed E-state index contributed by atoms with van der Waals surface area (Å²) in [6.07, 6.45) is 3.34. The molecule has 0 bridgehead atoms. The molecule has 2 unspecified atom stereocenters. The van der Waals surface area contributed by atoms with E-state index in [-0.39, 0.29) is 43.9 Å². The number of anilines is 1. The molecule has 6 N–H and O–H groups in total. The molecule has 0 aromatic heterocycles. The van der Waals surface area contributed by atoms with Crippen LogP contribution in [0.4, 0.5) is 5.69 Å². The molecule has 2 aliphatic rings. The van der Waals surface area contributed by atoms with Crippen LogP contribution in [0.25, 0.3) is 0 Å². The van der Waals surface area contributed by atoms with Crippen molar-refractivity contribution in [2.24, 2.45) is 5.73 Å². The molecule has 2 aromatic rings. The van der Waals surface area contributed by atoms with E-state index in [0.29, 0.717) is 0 Å². The molecule has 2 aromatic carbocycles. The zero-order valence-corrected chi connectivity index (χ0v) is 23.6. The van der Waals surface area contributed by atoms with Gasteiger partial charge >= 0.3 is 0 Å². The van der Waals surface area contributed by atoms with Crippen LogP contribution in [-0.2, 0) is 14.3 Å². The lowest BCUT2D eigenvalue weighted by Gasteiger charge is -2.32. The second-order valence-corrected chi connectivity index (χ2v) is 9.58. The van der Waals surface area contributed by atoms with E-state index in [0.717, 1.165) is 68.8 Å². The molecule has 2 aliphatic heterocycles. The number of nitrogens with two attached hydrogens (primary N) is 1. The maximum atomic E-state index is 12.0. The Morgan fingerprint density at radius 1 is 1.10 bits per heavy atom. The third-order valence-corrected chi connectivity index (χ3v) is 6.29. The van der Waals surface area contributed by atoms with Crippen molar-refractivity contribution < 1.29 is 24.2 Å². The predicted octanol–water partition coefficient (Wildman–Crippen LogP) is 1.80. The summed E-state index contributed by atoms with van der Waals surface area (Å²) in [6, 6.07) is 17.5. The Labute approximate surface area is 237 Å². The number of carbonyl (C=O) groups is 2. The van der Waals surface area contributed by atoms with Gasteiger partial charge in [0.15, 0.2) is 6.29 Å². The average Bonchev–Trinajstić information content (AvgIpc) is 2.97. The Morgan fingerprint density at radius 2 is 1.80 bits per heavy atom. The predicted molar refractivity (Wildman–Crippen MR) is 156 cm³/mol. The number of benzene rings is 2. The molecule has 11 heteroatoms. The Hall–Kier alpha value is -3.67. The Morgan fingerprint density at radius 3 is 2.45 bits per heavy atom. The van der Waals surface area contributed by atoms with E-state index in [1.54, 1.807) is 4.90 Å². The van der Waals surface area contributed by atoms with E-state index in [1.807, 2.05) is 68.6 Å². The molecule has 2 fully saturated rings. The molecule has 0 saturated carbocycles. The van der Waals surface area contributed by atoms with Gasteiger partial charge in [0.1, 0.15) is 5.75 Å². The first-order valence-corrected chi connectivity index (χ1v) is 13.6. The number of nitrogens with one attached hydrogen (secondary N) is 3. The van der Waals surface area contributed by atoms with Gasteiger partial charge in [-0.25, -0.2) is 0 Å².